The largest absolute Gasteiger partial charge is 0.467 e. The monoisotopic (exact) mass is 183 g/mol. The second kappa shape index (κ2) is 3.52. The molecule has 1 atom stereocenters. The predicted molar refractivity (Wildman–Crippen MR) is 51.4 cm³/mol. The number of furan rings is 1. The normalized spacial score (nSPS) is 14.9. The molecule has 0 amide bonds. The Bertz CT molecular complexity index is 252. The first kappa shape index (κ1) is 10.3. The van der Waals surface area contributed by atoms with E-state index in [1.807, 2.05) is 32.8 Å². The van der Waals surface area contributed by atoms with Gasteiger partial charge in [0.05, 0.1) is 6.26 Å². The van der Waals surface area contributed by atoms with Crippen LogP contribution in [0.3, 0.4) is 0 Å². The summed E-state index contributed by atoms with van der Waals surface area (Å²) in [6, 6.07) is 3.57. The molecule has 1 heterocycles. The number of aliphatic hydroxyl groups excluding tert-OH is 1. The van der Waals surface area contributed by atoms with Crippen LogP contribution in [0.2, 0.25) is 0 Å². The minimum absolute atomic E-state index is 0.322. The zero-order chi connectivity index (χ0) is 10.1. The van der Waals surface area contributed by atoms with Crippen molar-refractivity contribution in [2.75, 3.05) is 14.1 Å². The van der Waals surface area contributed by atoms with Gasteiger partial charge in [0.1, 0.15) is 11.9 Å². The molecule has 1 aromatic heterocycles. The molecule has 0 aliphatic heterocycles. The SMILES string of the molecule is CN(C)C(C)(C)C(O)c1ccco1. The molecule has 74 valence electrons. The highest BCUT2D eigenvalue weighted by Crippen LogP contribution is 2.29. The maximum atomic E-state index is 9.97. The van der Waals surface area contributed by atoms with Gasteiger partial charge in [-0.15, -0.1) is 0 Å². The van der Waals surface area contributed by atoms with Crippen LogP contribution >= 0.6 is 0 Å². The summed E-state index contributed by atoms with van der Waals surface area (Å²) in [6.07, 6.45) is 0.974. The molecule has 3 heteroatoms. The molecule has 0 spiro atoms. The molecule has 0 saturated carbocycles. The van der Waals surface area contributed by atoms with E-state index in [-0.39, 0.29) is 5.54 Å². The number of hydrogen-bond donors (Lipinski definition) is 1. The van der Waals surface area contributed by atoms with E-state index >= 15 is 0 Å². The first-order valence-corrected chi connectivity index (χ1v) is 4.35. The lowest BCUT2D eigenvalue weighted by molar-refractivity contribution is 0.00269. The van der Waals surface area contributed by atoms with Crippen LogP contribution in [0.5, 0.6) is 0 Å². The molecule has 0 saturated heterocycles. The van der Waals surface area contributed by atoms with Gasteiger partial charge in [-0.05, 0) is 40.1 Å². The van der Waals surface area contributed by atoms with Crippen LogP contribution in [0.4, 0.5) is 0 Å². The summed E-state index contributed by atoms with van der Waals surface area (Å²) in [5.74, 6) is 0.610. The van der Waals surface area contributed by atoms with Crippen LogP contribution in [0.25, 0.3) is 0 Å². The van der Waals surface area contributed by atoms with Crippen LogP contribution in [-0.2, 0) is 0 Å². The van der Waals surface area contributed by atoms with Crippen molar-refractivity contribution < 1.29 is 9.52 Å². The number of rotatable bonds is 3. The van der Waals surface area contributed by atoms with E-state index in [2.05, 4.69) is 0 Å². The van der Waals surface area contributed by atoms with Crippen molar-refractivity contribution >= 4 is 0 Å². The van der Waals surface area contributed by atoms with Gasteiger partial charge in [-0.2, -0.15) is 0 Å². The Balaban J connectivity index is 2.84. The summed E-state index contributed by atoms with van der Waals surface area (Å²) in [5.41, 5.74) is -0.322. The smallest absolute Gasteiger partial charge is 0.134 e. The Hall–Kier alpha value is -0.800. The first-order chi connectivity index (χ1) is 5.96. The Labute approximate surface area is 79.0 Å². The number of nitrogens with zero attached hydrogens (tertiary/aromatic N) is 1. The molecular weight excluding hydrogens is 166 g/mol. The van der Waals surface area contributed by atoms with E-state index in [0.29, 0.717) is 5.76 Å². The summed E-state index contributed by atoms with van der Waals surface area (Å²) < 4.78 is 5.16. The van der Waals surface area contributed by atoms with Crippen molar-refractivity contribution in [3.63, 3.8) is 0 Å². The third-order valence-electron chi connectivity index (χ3n) is 2.63. The Morgan fingerprint density at radius 1 is 1.46 bits per heavy atom. The topological polar surface area (TPSA) is 36.6 Å². The van der Waals surface area contributed by atoms with Gasteiger partial charge in [0, 0.05) is 5.54 Å². The average Bonchev–Trinajstić information content (AvgIpc) is 2.54. The highest BCUT2D eigenvalue weighted by Gasteiger charge is 2.32. The summed E-state index contributed by atoms with van der Waals surface area (Å²) >= 11 is 0. The summed E-state index contributed by atoms with van der Waals surface area (Å²) in [5, 5.41) is 9.97. The number of likely N-dealkylation sites (N-methyl/N-ethyl adjacent to an activating group) is 1. The van der Waals surface area contributed by atoms with Crippen LogP contribution in [-0.4, -0.2) is 29.6 Å². The Morgan fingerprint density at radius 2 is 2.08 bits per heavy atom. The number of hydrogen-bond acceptors (Lipinski definition) is 3. The maximum absolute atomic E-state index is 9.97. The molecule has 0 fully saturated rings. The summed E-state index contributed by atoms with van der Waals surface area (Å²) in [4.78, 5) is 1.97. The molecule has 1 rings (SSSR count). The Morgan fingerprint density at radius 3 is 2.46 bits per heavy atom. The van der Waals surface area contributed by atoms with E-state index in [9.17, 15) is 5.11 Å². The molecule has 0 aliphatic rings. The predicted octanol–water partition coefficient (Wildman–Crippen LogP) is 1.65. The van der Waals surface area contributed by atoms with Crippen LogP contribution in [0, 0.1) is 0 Å². The zero-order valence-corrected chi connectivity index (χ0v) is 8.61. The van der Waals surface area contributed by atoms with Crippen LogP contribution in [0.1, 0.15) is 25.7 Å². The first-order valence-electron chi connectivity index (χ1n) is 4.35. The van der Waals surface area contributed by atoms with E-state index in [0.717, 1.165) is 0 Å². The third kappa shape index (κ3) is 1.92. The molecule has 1 aromatic rings. The molecular formula is C10H17NO2. The minimum atomic E-state index is -0.600. The standard InChI is InChI=1S/C10H17NO2/c1-10(2,11(3)4)9(12)8-6-5-7-13-8/h5-7,9,12H,1-4H3. The summed E-state index contributed by atoms with van der Waals surface area (Å²) in [7, 11) is 3.87. The van der Waals surface area contributed by atoms with Gasteiger partial charge in [-0.1, -0.05) is 0 Å². The molecule has 0 bridgehead atoms. The molecule has 0 aromatic carbocycles. The van der Waals surface area contributed by atoms with Gasteiger partial charge in [0.25, 0.3) is 0 Å². The number of aliphatic hydroxyl groups is 1. The highest BCUT2D eigenvalue weighted by molar-refractivity contribution is 5.07. The Kier molecular flexibility index (Phi) is 2.78. The van der Waals surface area contributed by atoms with E-state index in [4.69, 9.17) is 4.42 Å². The fourth-order valence-corrected chi connectivity index (χ4v) is 1.04. The van der Waals surface area contributed by atoms with Gasteiger partial charge in [-0.3, -0.25) is 0 Å². The van der Waals surface area contributed by atoms with Crippen molar-refractivity contribution in [2.24, 2.45) is 0 Å². The fraction of sp³-hybridized carbons (Fsp3) is 0.600. The fourth-order valence-electron chi connectivity index (χ4n) is 1.04. The molecule has 1 unspecified atom stereocenters. The molecule has 3 nitrogen and oxygen atoms in total. The van der Waals surface area contributed by atoms with Gasteiger partial charge < -0.3 is 14.4 Å². The van der Waals surface area contributed by atoms with Gasteiger partial charge in [0.15, 0.2) is 0 Å². The zero-order valence-electron chi connectivity index (χ0n) is 8.61. The molecule has 13 heavy (non-hydrogen) atoms. The average molecular weight is 183 g/mol. The molecule has 0 aliphatic carbocycles. The minimum Gasteiger partial charge on any atom is -0.467 e. The maximum Gasteiger partial charge on any atom is 0.134 e. The lowest BCUT2D eigenvalue weighted by Crippen LogP contribution is -2.43. The van der Waals surface area contributed by atoms with Crippen molar-refractivity contribution in [1.82, 2.24) is 4.90 Å². The van der Waals surface area contributed by atoms with Crippen molar-refractivity contribution in [2.45, 2.75) is 25.5 Å². The van der Waals surface area contributed by atoms with E-state index < -0.39 is 6.10 Å². The molecule has 1 N–H and O–H groups in total. The van der Waals surface area contributed by atoms with Gasteiger partial charge >= 0.3 is 0 Å². The van der Waals surface area contributed by atoms with E-state index in [1.165, 1.54) is 0 Å². The highest BCUT2D eigenvalue weighted by atomic mass is 16.4. The third-order valence-corrected chi connectivity index (χ3v) is 2.63. The quantitative estimate of drug-likeness (QED) is 0.774. The lowest BCUT2D eigenvalue weighted by Gasteiger charge is -2.35. The van der Waals surface area contributed by atoms with Crippen molar-refractivity contribution in [1.29, 1.82) is 0 Å². The van der Waals surface area contributed by atoms with Crippen molar-refractivity contribution in [3.05, 3.63) is 24.2 Å². The van der Waals surface area contributed by atoms with Crippen LogP contribution < -0.4 is 0 Å². The van der Waals surface area contributed by atoms with Crippen LogP contribution in [0.15, 0.2) is 22.8 Å². The lowest BCUT2D eigenvalue weighted by atomic mass is 9.94. The second-order valence-electron chi connectivity index (χ2n) is 3.97. The molecule has 0 radical (unpaired) electrons. The summed E-state index contributed by atoms with van der Waals surface area (Å²) in [6.45, 7) is 3.94. The van der Waals surface area contributed by atoms with E-state index in [1.54, 1.807) is 18.4 Å². The van der Waals surface area contributed by atoms with Gasteiger partial charge in [0.2, 0.25) is 0 Å². The van der Waals surface area contributed by atoms with Crippen molar-refractivity contribution in [3.8, 4) is 0 Å². The second-order valence-corrected chi connectivity index (χ2v) is 3.97. The van der Waals surface area contributed by atoms with Gasteiger partial charge in [-0.25, -0.2) is 0 Å².